The van der Waals surface area contributed by atoms with Crippen molar-refractivity contribution in [2.45, 2.75) is 19.4 Å². The van der Waals surface area contributed by atoms with E-state index in [0.29, 0.717) is 0 Å². The SMILES string of the molecule is CCc1occc1C(O)c1cccnc1. The molecule has 2 aromatic heterocycles. The Balaban J connectivity index is 2.32. The summed E-state index contributed by atoms with van der Waals surface area (Å²) in [6.07, 6.45) is 5.09. The van der Waals surface area contributed by atoms with Crippen LogP contribution in [-0.4, -0.2) is 10.1 Å². The molecule has 0 aliphatic heterocycles. The molecule has 1 N–H and O–H groups in total. The van der Waals surface area contributed by atoms with Gasteiger partial charge in [0.05, 0.1) is 6.26 Å². The first-order valence-corrected chi connectivity index (χ1v) is 4.97. The van der Waals surface area contributed by atoms with Crippen molar-refractivity contribution >= 4 is 0 Å². The Morgan fingerprint density at radius 1 is 1.47 bits per heavy atom. The van der Waals surface area contributed by atoms with Gasteiger partial charge in [0.25, 0.3) is 0 Å². The molecular weight excluding hydrogens is 190 g/mol. The Kier molecular flexibility index (Phi) is 2.83. The largest absolute Gasteiger partial charge is 0.469 e. The number of nitrogens with zero attached hydrogens (tertiary/aromatic N) is 1. The van der Waals surface area contributed by atoms with Gasteiger partial charge in [-0.1, -0.05) is 13.0 Å². The van der Waals surface area contributed by atoms with E-state index in [1.54, 1.807) is 24.7 Å². The third-order valence-electron chi connectivity index (χ3n) is 2.40. The van der Waals surface area contributed by atoms with Crippen LogP contribution in [0.5, 0.6) is 0 Å². The molecule has 3 heteroatoms. The van der Waals surface area contributed by atoms with Gasteiger partial charge in [-0.3, -0.25) is 4.98 Å². The molecule has 2 aromatic rings. The average Bonchev–Trinajstić information content (AvgIpc) is 2.77. The van der Waals surface area contributed by atoms with E-state index in [4.69, 9.17) is 4.42 Å². The van der Waals surface area contributed by atoms with Crippen molar-refractivity contribution in [1.82, 2.24) is 4.98 Å². The van der Waals surface area contributed by atoms with Crippen molar-refractivity contribution in [3.8, 4) is 0 Å². The molecule has 1 atom stereocenters. The van der Waals surface area contributed by atoms with Crippen molar-refractivity contribution in [3.05, 3.63) is 53.7 Å². The fraction of sp³-hybridized carbons (Fsp3) is 0.250. The Bertz CT molecular complexity index is 422. The molecule has 15 heavy (non-hydrogen) atoms. The highest BCUT2D eigenvalue weighted by atomic mass is 16.3. The second kappa shape index (κ2) is 4.28. The first kappa shape index (κ1) is 9.93. The van der Waals surface area contributed by atoms with Crippen LogP contribution in [0.25, 0.3) is 0 Å². The van der Waals surface area contributed by atoms with E-state index in [0.717, 1.165) is 23.3 Å². The molecule has 0 radical (unpaired) electrons. The molecule has 1 unspecified atom stereocenters. The average molecular weight is 203 g/mol. The minimum Gasteiger partial charge on any atom is -0.469 e. The number of aliphatic hydroxyl groups excluding tert-OH is 1. The standard InChI is InChI=1S/C12H13NO2/c1-2-11-10(5-7-15-11)12(14)9-4-3-6-13-8-9/h3-8,12,14H,2H2,1H3. The minimum atomic E-state index is -0.646. The topological polar surface area (TPSA) is 46.3 Å². The number of aryl methyl sites for hydroxylation is 1. The van der Waals surface area contributed by atoms with Crippen LogP contribution in [0.2, 0.25) is 0 Å². The number of hydrogen-bond acceptors (Lipinski definition) is 3. The maximum Gasteiger partial charge on any atom is 0.109 e. The molecule has 0 spiro atoms. The molecule has 0 aliphatic carbocycles. The van der Waals surface area contributed by atoms with Crippen LogP contribution < -0.4 is 0 Å². The smallest absolute Gasteiger partial charge is 0.109 e. The van der Waals surface area contributed by atoms with Gasteiger partial charge in [-0.05, 0) is 12.1 Å². The van der Waals surface area contributed by atoms with Crippen LogP contribution >= 0.6 is 0 Å². The lowest BCUT2D eigenvalue weighted by molar-refractivity contribution is 0.217. The molecule has 0 aromatic carbocycles. The van der Waals surface area contributed by atoms with Gasteiger partial charge < -0.3 is 9.52 Å². The molecule has 78 valence electrons. The summed E-state index contributed by atoms with van der Waals surface area (Å²) in [7, 11) is 0. The lowest BCUT2D eigenvalue weighted by Gasteiger charge is -2.09. The predicted octanol–water partition coefficient (Wildman–Crippen LogP) is 2.32. The molecule has 0 fully saturated rings. The van der Waals surface area contributed by atoms with Gasteiger partial charge in [0, 0.05) is 29.9 Å². The number of furan rings is 1. The Morgan fingerprint density at radius 3 is 3.00 bits per heavy atom. The van der Waals surface area contributed by atoms with Crippen LogP contribution in [0.15, 0.2) is 41.3 Å². The molecule has 3 nitrogen and oxygen atoms in total. The normalized spacial score (nSPS) is 12.7. The summed E-state index contributed by atoms with van der Waals surface area (Å²) in [5, 5.41) is 10.1. The third kappa shape index (κ3) is 1.92. The van der Waals surface area contributed by atoms with E-state index < -0.39 is 6.10 Å². The number of aromatic nitrogens is 1. The van der Waals surface area contributed by atoms with Gasteiger partial charge in [0.1, 0.15) is 11.9 Å². The second-order valence-electron chi connectivity index (χ2n) is 3.34. The van der Waals surface area contributed by atoms with Gasteiger partial charge in [-0.2, -0.15) is 0 Å². The van der Waals surface area contributed by atoms with Gasteiger partial charge in [0.15, 0.2) is 0 Å². The fourth-order valence-electron chi connectivity index (χ4n) is 1.60. The van der Waals surface area contributed by atoms with E-state index in [9.17, 15) is 5.11 Å². The molecule has 2 heterocycles. The maximum absolute atomic E-state index is 10.1. The molecule has 0 saturated heterocycles. The summed E-state index contributed by atoms with van der Waals surface area (Å²) in [5.74, 6) is 0.825. The molecule has 0 saturated carbocycles. The van der Waals surface area contributed by atoms with E-state index in [1.165, 1.54) is 0 Å². The molecule has 0 aliphatic rings. The number of pyridine rings is 1. The first-order valence-electron chi connectivity index (χ1n) is 4.97. The van der Waals surface area contributed by atoms with Crippen molar-refractivity contribution in [2.24, 2.45) is 0 Å². The van der Waals surface area contributed by atoms with Crippen molar-refractivity contribution in [3.63, 3.8) is 0 Å². The zero-order valence-electron chi connectivity index (χ0n) is 8.55. The van der Waals surface area contributed by atoms with Crippen LogP contribution in [0.4, 0.5) is 0 Å². The number of hydrogen-bond donors (Lipinski definition) is 1. The zero-order valence-corrected chi connectivity index (χ0v) is 8.55. The lowest BCUT2D eigenvalue weighted by Crippen LogP contribution is -2.01. The Hall–Kier alpha value is -1.61. The van der Waals surface area contributed by atoms with E-state index >= 15 is 0 Å². The van der Waals surface area contributed by atoms with Crippen molar-refractivity contribution in [2.75, 3.05) is 0 Å². The third-order valence-corrected chi connectivity index (χ3v) is 2.40. The lowest BCUT2D eigenvalue weighted by atomic mass is 10.0. The van der Waals surface area contributed by atoms with Crippen molar-refractivity contribution < 1.29 is 9.52 Å². The van der Waals surface area contributed by atoms with Gasteiger partial charge >= 0.3 is 0 Å². The molecule has 2 rings (SSSR count). The molecule has 0 bridgehead atoms. The predicted molar refractivity (Wildman–Crippen MR) is 56.4 cm³/mol. The van der Waals surface area contributed by atoms with E-state index in [2.05, 4.69) is 4.98 Å². The van der Waals surface area contributed by atoms with E-state index in [-0.39, 0.29) is 0 Å². The highest BCUT2D eigenvalue weighted by molar-refractivity contribution is 5.29. The van der Waals surface area contributed by atoms with Crippen LogP contribution in [-0.2, 0) is 6.42 Å². The summed E-state index contributed by atoms with van der Waals surface area (Å²) >= 11 is 0. The second-order valence-corrected chi connectivity index (χ2v) is 3.34. The fourth-order valence-corrected chi connectivity index (χ4v) is 1.60. The summed E-state index contributed by atoms with van der Waals surface area (Å²) in [6, 6.07) is 5.46. The van der Waals surface area contributed by atoms with Gasteiger partial charge in [-0.25, -0.2) is 0 Å². The Labute approximate surface area is 88.4 Å². The van der Waals surface area contributed by atoms with Crippen LogP contribution in [0, 0.1) is 0 Å². The van der Waals surface area contributed by atoms with Crippen molar-refractivity contribution in [1.29, 1.82) is 0 Å². The van der Waals surface area contributed by atoms with Gasteiger partial charge in [-0.15, -0.1) is 0 Å². The minimum absolute atomic E-state index is 0.646. The number of rotatable bonds is 3. The molecule has 0 amide bonds. The highest BCUT2D eigenvalue weighted by Crippen LogP contribution is 2.25. The van der Waals surface area contributed by atoms with Crippen LogP contribution in [0.3, 0.4) is 0 Å². The van der Waals surface area contributed by atoms with Gasteiger partial charge in [0.2, 0.25) is 0 Å². The first-order chi connectivity index (χ1) is 7.33. The highest BCUT2D eigenvalue weighted by Gasteiger charge is 2.15. The summed E-state index contributed by atoms with van der Waals surface area (Å²) in [5.41, 5.74) is 1.61. The molecular formula is C12H13NO2. The number of aliphatic hydroxyl groups is 1. The Morgan fingerprint density at radius 2 is 2.33 bits per heavy atom. The summed E-state index contributed by atoms with van der Waals surface area (Å²) in [6.45, 7) is 2.00. The quantitative estimate of drug-likeness (QED) is 0.832. The summed E-state index contributed by atoms with van der Waals surface area (Å²) < 4.78 is 5.28. The van der Waals surface area contributed by atoms with Crippen LogP contribution in [0.1, 0.15) is 29.9 Å². The van der Waals surface area contributed by atoms with E-state index in [1.807, 2.05) is 19.1 Å². The maximum atomic E-state index is 10.1. The summed E-state index contributed by atoms with van der Waals surface area (Å²) in [4.78, 5) is 3.98. The zero-order chi connectivity index (χ0) is 10.7. The monoisotopic (exact) mass is 203 g/mol.